The first-order valence-corrected chi connectivity index (χ1v) is 6.48. The van der Waals surface area contributed by atoms with Crippen molar-refractivity contribution in [2.24, 2.45) is 0 Å². The summed E-state index contributed by atoms with van der Waals surface area (Å²) in [4.78, 5) is 27.5. The molecule has 0 fully saturated rings. The number of fused-ring (bicyclic) bond motifs is 2. The third-order valence-electron chi connectivity index (χ3n) is 3.96. The second kappa shape index (κ2) is 3.67. The normalized spacial score (nSPS) is 12.6. The number of aromatic nitrogens is 1. The Hall–Kier alpha value is -2.68. The van der Waals surface area contributed by atoms with E-state index in [0.29, 0.717) is 16.7 Å². The fraction of sp³-hybridized carbons (Fsp3) is 0.0588. The zero-order chi connectivity index (χ0) is 13.9. The minimum absolute atomic E-state index is 0.0187. The van der Waals surface area contributed by atoms with Crippen molar-refractivity contribution >= 4 is 16.7 Å². The minimum atomic E-state index is -0.103. The lowest BCUT2D eigenvalue weighted by Crippen LogP contribution is -2.17. The van der Waals surface area contributed by atoms with Gasteiger partial charge in [-0.3, -0.25) is 9.59 Å². The highest BCUT2D eigenvalue weighted by molar-refractivity contribution is 6.25. The Kier molecular flexibility index (Phi) is 2.05. The SMILES string of the molecule is Cc1c2c3c(cccc3[nH]c1=O)C(=O)c1ccccc1-2. The number of rotatable bonds is 0. The van der Waals surface area contributed by atoms with Crippen LogP contribution in [0.15, 0.2) is 47.3 Å². The van der Waals surface area contributed by atoms with Gasteiger partial charge in [0.1, 0.15) is 0 Å². The number of hydrogen-bond donors (Lipinski definition) is 1. The summed E-state index contributed by atoms with van der Waals surface area (Å²) < 4.78 is 0. The summed E-state index contributed by atoms with van der Waals surface area (Å²) in [5, 5.41) is 0.855. The van der Waals surface area contributed by atoms with Gasteiger partial charge in [0.25, 0.3) is 5.56 Å². The summed E-state index contributed by atoms with van der Waals surface area (Å²) in [6.45, 7) is 1.80. The van der Waals surface area contributed by atoms with Crippen LogP contribution in [-0.2, 0) is 0 Å². The van der Waals surface area contributed by atoms with Crippen molar-refractivity contribution < 1.29 is 4.79 Å². The van der Waals surface area contributed by atoms with Gasteiger partial charge in [-0.05, 0) is 18.6 Å². The molecule has 1 aliphatic carbocycles. The molecule has 0 saturated carbocycles. The Morgan fingerprint density at radius 1 is 0.850 bits per heavy atom. The maximum atomic E-state index is 12.6. The van der Waals surface area contributed by atoms with Crippen LogP contribution in [0.3, 0.4) is 0 Å². The van der Waals surface area contributed by atoms with Gasteiger partial charge in [-0.25, -0.2) is 0 Å². The molecule has 1 N–H and O–H groups in total. The molecule has 0 radical (unpaired) electrons. The van der Waals surface area contributed by atoms with Crippen LogP contribution in [0.5, 0.6) is 0 Å². The summed E-state index contributed by atoms with van der Waals surface area (Å²) in [5.41, 5.74) is 4.34. The number of benzene rings is 2. The Bertz CT molecular complexity index is 951. The molecule has 2 aromatic carbocycles. The van der Waals surface area contributed by atoms with Crippen LogP contribution in [0.4, 0.5) is 0 Å². The van der Waals surface area contributed by atoms with Gasteiger partial charge in [-0.15, -0.1) is 0 Å². The van der Waals surface area contributed by atoms with E-state index in [1.54, 1.807) is 13.0 Å². The predicted octanol–water partition coefficient (Wildman–Crippen LogP) is 3.05. The molecule has 4 rings (SSSR count). The number of H-pyrrole nitrogens is 1. The lowest BCUT2D eigenvalue weighted by molar-refractivity contribution is 0.104. The maximum absolute atomic E-state index is 12.6. The summed E-state index contributed by atoms with van der Waals surface area (Å²) in [6.07, 6.45) is 0. The molecule has 1 aromatic heterocycles. The molecule has 1 heterocycles. The quantitative estimate of drug-likeness (QED) is 0.529. The van der Waals surface area contributed by atoms with E-state index in [1.807, 2.05) is 36.4 Å². The Balaban J connectivity index is 2.35. The number of nitrogens with one attached hydrogen (secondary N) is 1. The van der Waals surface area contributed by atoms with Gasteiger partial charge in [0.05, 0.1) is 0 Å². The first-order valence-electron chi connectivity index (χ1n) is 6.48. The molecule has 3 aromatic rings. The van der Waals surface area contributed by atoms with E-state index in [-0.39, 0.29) is 11.3 Å². The lowest BCUT2D eigenvalue weighted by Gasteiger charge is -2.20. The Morgan fingerprint density at radius 3 is 2.35 bits per heavy atom. The number of carbonyl (C=O) groups excluding carboxylic acids is 1. The molecule has 20 heavy (non-hydrogen) atoms. The van der Waals surface area contributed by atoms with Crippen LogP contribution in [-0.4, -0.2) is 10.8 Å². The van der Waals surface area contributed by atoms with Gasteiger partial charge in [0.2, 0.25) is 0 Å². The van der Waals surface area contributed by atoms with Crippen molar-refractivity contribution in [2.45, 2.75) is 6.92 Å². The summed E-state index contributed by atoms with van der Waals surface area (Å²) in [7, 11) is 0. The fourth-order valence-electron chi connectivity index (χ4n) is 3.01. The summed E-state index contributed by atoms with van der Waals surface area (Å²) in [6, 6.07) is 12.9. The van der Waals surface area contributed by atoms with Gasteiger partial charge in [0.15, 0.2) is 5.78 Å². The van der Waals surface area contributed by atoms with Crippen LogP contribution in [0.1, 0.15) is 21.5 Å². The smallest absolute Gasteiger partial charge is 0.251 e. The summed E-state index contributed by atoms with van der Waals surface area (Å²) >= 11 is 0. The Labute approximate surface area is 114 Å². The molecule has 1 aliphatic rings. The van der Waals surface area contributed by atoms with Crippen molar-refractivity contribution in [1.82, 2.24) is 4.98 Å². The van der Waals surface area contributed by atoms with Crippen LogP contribution in [0.2, 0.25) is 0 Å². The van der Waals surface area contributed by atoms with E-state index in [9.17, 15) is 9.59 Å². The van der Waals surface area contributed by atoms with Gasteiger partial charge >= 0.3 is 0 Å². The third kappa shape index (κ3) is 1.24. The second-order valence-electron chi connectivity index (χ2n) is 5.06. The molecule has 3 nitrogen and oxygen atoms in total. The van der Waals surface area contributed by atoms with E-state index in [1.165, 1.54) is 0 Å². The second-order valence-corrected chi connectivity index (χ2v) is 5.06. The average molecular weight is 261 g/mol. The van der Waals surface area contributed by atoms with E-state index in [4.69, 9.17) is 0 Å². The van der Waals surface area contributed by atoms with Crippen molar-refractivity contribution in [3.8, 4) is 11.1 Å². The highest BCUT2D eigenvalue weighted by atomic mass is 16.1. The molecule has 0 saturated heterocycles. The molecule has 0 spiro atoms. The maximum Gasteiger partial charge on any atom is 0.251 e. The van der Waals surface area contributed by atoms with Crippen molar-refractivity contribution in [1.29, 1.82) is 0 Å². The van der Waals surface area contributed by atoms with Gasteiger partial charge in [-0.2, -0.15) is 0 Å². The number of pyridine rings is 1. The topological polar surface area (TPSA) is 49.9 Å². The van der Waals surface area contributed by atoms with E-state index in [2.05, 4.69) is 4.98 Å². The first-order chi connectivity index (χ1) is 9.68. The van der Waals surface area contributed by atoms with E-state index in [0.717, 1.165) is 22.0 Å². The number of carbonyl (C=O) groups is 1. The van der Waals surface area contributed by atoms with Crippen LogP contribution >= 0.6 is 0 Å². The highest BCUT2D eigenvalue weighted by Gasteiger charge is 2.26. The number of ketones is 1. The molecular formula is C17H11NO2. The van der Waals surface area contributed by atoms with Crippen LogP contribution in [0.25, 0.3) is 22.0 Å². The molecule has 0 unspecified atom stereocenters. The molecule has 3 heteroatoms. The highest BCUT2D eigenvalue weighted by Crippen LogP contribution is 2.39. The van der Waals surface area contributed by atoms with Crippen LogP contribution < -0.4 is 5.56 Å². The Morgan fingerprint density at radius 2 is 1.55 bits per heavy atom. The van der Waals surface area contributed by atoms with E-state index < -0.39 is 0 Å². The van der Waals surface area contributed by atoms with Gasteiger partial charge < -0.3 is 4.98 Å². The largest absolute Gasteiger partial charge is 0.322 e. The molecule has 0 bridgehead atoms. The molecule has 0 amide bonds. The van der Waals surface area contributed by atoms with E-state index >= 15 is 0 Å². The first kappa shape index (κ1) is 11.2. The van der Waals surface area contributed by atoms with Gasteiger partial charge in [-0.1, -0.05) is 36.4 Å². The minimum Gasteiger partial charge on any atom is -0.322 e. The lowest BCUT2D eigenvalue weighted by atomic mass is 9.82. The fourth-order valence-corrected chi connectivity index (χ4v) is 3.01. The summed E-state index contributed by atoms with van der Waals surface area (Å²) in [5.74, 6) is 0.0187. The molecule has 96 valence electrons. The van der Waals surface area contributed by atoms with Crippen molar-refractivity contribution in [3.05, 3.63) is 69.5 Å². The predicted molar refractivity (Wildman–Crippen MR) is 78.2 cm³/mol. The zero-order valence-corrected chi connectivity index (χ0v) is 10.9. The molecule has 0 atom stereocenters. The van der Waals surface area contributed by atoms with Crippen molar-refractivity contribution in [2.75, 3.05) is 0 Å². The standard InChI is InChI=1S/C17H11NO2/c1-9-14-10-5-2-3-6-11(10)16(19)12-7-4-8-13(15(12)14)18-17(9)20/h2-8H,1H3,(H,18,20). The monoisotopic (exact) mass is 261 g/mol. The van der Waals surface area contributed by atoms with Crippen LogP contribution in [0, 0.1) is 6.92 Å². The van der Waals surface area contributed by atoms with Crippen molar-refractivity contribution in [3.63, 3.8) is 0 Å². The zero-order valence-electron chi connectivity index (χ0n) is 10.9. The number of hydrogen-bond acceptors (Lipinski definition) is 2. The molecule has 0 aliphatic heterocycles. The van der Waals surface area contributed by atoms with Gasteiger partial charge in [0, 0.05) is 33.2 Å². The average Bonchev–Trinajstić information content (AvgIpc) is 2.47. The number of aromatic amines is 1. The third-order valence-corrected chi connectivity index (χ3v) is 3.96. The molecular weight excluding hydrogens is 250 g/mol.